The fraction of sp³-hybridized carbons (Fsp3) is 0.650. The number of carbonyl (C=O) groups excluding carboxylic acids is 1. The molecule has 1 saturated carbocycles. The quantitative estimate of drug-likeness (QED) is 0.899. The molecule has 1 amide bonds. The average Bonchev–Trinajstić information content (AvgIpc) is 2.62. The molecule has 3 rings (SSSR count). The lowest BCUT2D eigenvalue weighted by atomic mass is 9.75. The van der Waals surface area contributed by atoms with Crippen LogP contribution in [-0.4, -0.2) is 31.3 Å². The van der Waals surface area contributed by atoms with Crippen LogP contribution in [0.1, 0.15) is 51.0 Å². The van der Waals surface area contributed by atoms with E-state index in [0.29, 0.717) is 19.8 Å². The summed E-state index contributed by atoms with van der Waals surface area (Å²) in [5.74, 6) is 0.197. The van der Waals surface area contributed by atoms with Crippen molar-refractivity contribution in [2.24, 2.45) is 5.41 Å². The molecule has 0 bridgehead atoms. The third kappa shape index (κ3) is 4.37. The van der Waals surface area contributed by atoms with Gasteiger partial charge in [-0.1, -0.05) is 56.5 Å². The van der Waals surface area contributed by atoms with Crippen molar-refractivity contribution in [3.05, 3.63) is 35.9 Å². The largest absolute Gasteiger partial charge is 0.379 e. The molecule has 2 aliphatic rings. The van der Waals surface area contributed by atoms with Gasteiger partial charge in [0, 0.05) is 12.0 Å². The molecule has 4 nitrogen and oxygen atoms in total. The van der Waals surface area contributed by atoms with Crippen LogP contribution in [0.3, 0.4) is 0 Å². The summed E-state index contributed by atoms with van der Waals surface area (Å²) in [5, 5.41) is 3.27. The van der Waals surface area contributed by atoms with E-state index in [0.717, 1.165) is 37.7 Å². The Hall–Kier alpha value is -1.39. The molecule has 1 aromatic carbocycles. The van der Waals surface area contributed by atoms with Crippen LogP contribution in [0.5, 0.6) is 0 Å². The van der Waals surface area contributed by atoms with Crippen molar-refractivity contribution in [3.63, 3.8) is 0 Å². The first-order chi connectivity index (χ1) is 11.7. The number of ether oxygens (including phenoxy) is 2. The first-order valence-electron chi connectivity index (χ1n) is 9.22. The molecule has 1 aliphatic heterocycles. The first-order valence-corrected chi connectivity index (χ1v) is 9.22. The average molecular weight is 331 g/mol. The van der Waals surface area contributed by atoms with Crippen molar-refractivity contribution in [3.8, 4) is 0 Å². The predicted molar refractivity (Wildman–Crippen MR) is 93.6 cm³/mol. The molecular weight excluding hydrogens is 302 g/mol. The second kappa shape index (κ2) is 8.13. The van der Waals surface area contributed by atoms with E-state index in [9.17, 15) is 4.79 Å². The van der Waals surface area contributed by atoms with Crippen molar-refractivity contribution in [2.75, 3.05) is 13.2 Å². The van der Waals surface area contributed by atoms with Crippen LogP contribution in [-0.2, 0) is 20.9 Å². The van der Waals surface area contributed by atoms with E-state index in [2.05, 4.69) is 24.4 Å². The van der Waals surface area contributed by atoms with Gasteiger partial charge in [-0.15, -0.1) is 0 Å². The number of hydrogen-bond donors (Lipinski definition) is 1. The molecule has 24 heavy (non-hydrogen) atoms. The van der Waals surface area contributed by atoms with Crippen LogP contribution in [0.15, 0.2) is 30.3 Å². The Balaban J connectivity index is 1.56. The molecule has 0 unspecified atom stereocenters. The van der Waals surface area contributed by atoms with Crippen molar-refractivity contribution in [2.45, 2.75) is 64.2 Å². The van der Waals surface area contributed by atoms with Gasteiger partial charge in [0.2, 0.25) is 5.91 Å². The minimum absolute atomic E-state index is 0.0497. The van der Waals surface area contributed by atoms with Crippen LogP contribution in [0.2, 0.25) is 0 Å². The summed E-state index contributed by atoms with van der Waals surface area (Å²) >= 11 is 0. The van der Waals surface area contributed by atoms with E-state index in [4.69, 9.17) is 9.47 Å². The molecule has 0 radical (unpaired) electrons. The summed E-state index contributed by atoms with van der Waals surface area (Å²) in [6.45, 7) is 3.90. The van der Waals surface area contributed by atoms with E-state index < -0.39 is 0 Å². The minimum Gasteiger partial charge on any atom is -0.379 e. The van der Waals surface area contributed by atoms with E-state index in [-0.39, 0.29) is 23.5 Å². The lowest BCUT2D eigenvalue weighted by molar-refractivity contribution is -0.137. The number of benzene rings is 1. The van der Waals surface area contributed by atoms with Gasteiger partial charge in [-0.2, -0.15) is 0 Å². The Morgan fingerprint density at radius 1 is 1.25 bits per heavy atom. The highest BCUT2D eigenvalue weighted by Crippen LogP contribution is 2.36. The predicted octanol–water partition coefficient (Wildman–Crippen LogP) is 3.45. The number of amides is 1. The molecule has 2 fully saturated rings. The van der Waals surface area contributed by atoms with Crippen LogP contribution >= 0.6 is 0 Å². The monoisotopic (exact) mass is 331 g/mol. The Morgan fingerprint density at radius 2 is 2.00 bits per heavy atom. The fourth-order valence-electron chi connectivity index (χ4n) is 3.72. The van der Waals surface area contributed by atoms with Crippen molar-refractivity contribution in [1.82, 2.24) is 5.32 Å². The van der Waals surface area contributed by atoms with Crippen LogP contribution in [0.25, 0.3) is 0 Å². The topological polar surface area (TPSA) is 47.6 Å². The maximum atomic E-state index is 12.8. The van der Waals surface area contributed by atoms with Gasteiger partial charge in [-0.25, -0.2) is 0 Å². The number of rotatable bonds is 5. The molecule has 1 N–H and O–H groups in total. The van der Waals surface area contributed by atoms with Gasteiger partial charge < -0.3 is 14.8 Å². The molecule has 1 aliphatic carbocycles. The minimum atomic E-state index is -0.208. The number of carbonyl (C=O) groups is 1. The van der Waals surface area contributed by atoms with Gasteiger partial charge in [0.05, 0.1) is 19.3 Å². The van der Waals surface area contributed by atoms with Crippen LogP contribution < -0.4 is 5.32 Å². The van der Waals surface area contributed by atoms with Gasteiger partial charge in [-0.3, -0.25) is 4.79 Å². The number of hydrogen-bond acceptors (Lipinski definition) is 3. The zero-order chi connectivity index (χ0) is 16.8. The Kier molecular flexibility index (Phi) is 5.90. The van der Waals surface area contributed by atoms with E-state index in [1.165, 1.54) is 6.42 Å². The number of nitrogens with one attached hydrogen (secondary N) is 1. The summed E-state index contributed by atoms with van der Waals surface area (Å²) in [6, 6.07) is 10.2. The Labute approximate surface area is 144 Å². The lowest BCUT2D eigenvalue weighted by Crippen LogP contribution is -2.53. The highest BCUT2D eigenvalue weighted by molar-refractivity contribution is 5.82. The maximum Gasteiger partial charge on any atom is 0.226 e. The zero-order valence-corrected chi connectivity index (χ0v) is 14.6. The molecule has 0 aromatic heterocycles. The zero-order valence-electron chi connectivity index (χ0n) is 14.6. The molecule has 4 heteroatoms. The first kappa shape index (κ1) is 17.4. The van der Waals surface area contributed by atoms with Crippen molar-refractivity contribution >= 4 is 5.91 Å². The van der Waals surface area contributed by atoms with Crippen LogP contribution in [0, 0.1) is 5.41 Å². The van der Waals surface area contributed by atoms with Crippen molar-refractivity contribution < 1.29 is 14.3 Å². The van der Waals surface area contributed by atoms with Gasteiger partial charge in [-0.05, 0) is 24.8 Å². The summed E-state index contributed by atoms with van der Waals surface area (Å²) in [4.78, 5) is 12.8. The third-order valence-corrected chi connectivity index (χ3v) is 5.43. The van der Waals surface area contributed by atoms with Gasteiger partial charge in [0.25, 0.3) is 0 Å². The molecule has 2 atom stereocenters. The SMILES string of the molecule is CC1(C(=O)N[C@@H]2CCOC[C@H]2OCc2ccccc2)CCCCC1. The maximum absolute atomic E-state index is 12.8. The second-order valence-corrected chi connectivity index (χ2v) is 7.40. The van der Waals surface area contributed by atoms with Gasteiger partial charge in [0.1, 0.15) is 6.10 Å². The summed E-state index contributed by atoms with van der Waals surface area (Å²) < 4.78 is 11.6. The van der Waals surface area contributed by atoms with Crippen LogP contribution in [0.4, 0.5) is 0 Å². The molecule has 0 spiro atoms. The fourth-order valence-corrected chi connectivity index (χ4v) is 3.72. The van der Waals surface area contributed by atoms with E-state index in [1.807, 2.05) is 18.2 Å². The molecule has 1 saturated heterocycles. The molecular formula is C20H29NO3. The smallest absolute Gasteiger partial charge is 0.226 e. The lowest BCUT2D eigenvalue weighted by Gasteiger charge is -2.37. The van der Waals surface area contributed by atoms with Gasteiger partial charge in [0.15, 0.2) is 0 Å². The standard InChI is InChI=1S/C20H29NO3/c1-20(11-6-3-7-12-20)19(22)21-17-10-13-23-15-18(17)24-14-16-8-4-2-5-9-16/h2,4-5,8-9,17-18H,3,6-7,10-15H2,1H3,(H,21,22)/t17-,18-/m1/s1. The van der Waals surface area contributed by atoms with Gasteiger partial charge >= 0.3 is 0 Å². The molecule has 132 valence electrons. The normalized spacial score (nSPS) is 26.7. The third-order valence-electron chi connectivity index (χ3n) is 5.43. The highest BCUT2D eigenvalue weighted by atomic mass is 16.5. The Morgan fingerprint density at radius 3 is 2.75 bits per heavy atom. The second-order valence-electron chi connectivity index (χ2n) is 7.40. The summed E-state index contributed by atoms with van der Waals surface area (Å²) in [5.41, 5.74) is 0.938. The Bertz CT molecular complexity index is 525. The van der Waals surface area contributed by atoms with Crippen molar-refractivity contribution in [1.29, 1.82) is 0 Å². The van der Waals surface area contributed by atoms with E-state index in [1.54, 1.807) is 0 Å². The van der Waals surface area contributed by atoms with E-state index >= 15 is 0 Å². The molecule has 1 aromatic rings. The highest BCUT2D eigenvalue weighted by Gasteiger charge is 2.37. The molecule has 1 heterocycles. The summed E-state index contributed by atoms with van der Waals surface area (Å²) in [6.07, 6.45) is 6.31. The summed E-state index contributed by atoms with van der Waals surface area (Å²) in [7, 11) is 0.